The monoisotopic (exact) mass is 159 g/mol. The van der Waals surface area contributed by atoms with Gasteiger partial charge in [0.2, 0.25) is 0 Å². The standard InChI is InChI=1S/C11H13N/c1-2-4-9-5-3-6-10-7-8-12-11(9)10/h3,6-8H,2,4-5H2,1H3. The molecule has 0 aromatic rings. The number of fused-ring (bicyclic) bond motifs is 1. The van der Waals surface area contributed by atoms with Crippen molar-refractivity contribution in [3.63, 3.8) is 0 Å². The molecule has 2 rings (SSSR count). The summed E-state index contributed by atoms with van der Waals surface area (Å²) in [4.78, 5) is 4.37. The van der Waals surface area contributed by atoms with Gasteiger partial charge in [-0.05, 0) is 24.5 Å². The lowest BCUT2D eigenvalue weighted by molar-refractivity contribution is 0.859. The van der Waals surface area contributed by atoms with Crippen LogP contribution in [-0.2, 0) is 0 Å². The Hall–Kier alpha value is -1.11. The lowest BCUT2D eigenvalue weighted by Gasteiger charge is -2.12. The van der Waals surface area contributed by atoms with Crippen molar-refractivity contribution in [2.45, 2.75) is 26.2 Å². The van der Waals surface area contributed by atoms with Crippen LogP contribution in [0.25, 0.3) is 0 Å². The van der Waals surface area contributed by atoms with Crippen LogP contribution in [0.3, 0.4) is 0 Å². The predicted octanol–water partition coefficient (Wildman–Crippen LogP) is 3.01. The summed E-state index contributed by atoms with van der Waals surface area (Å²) in [7, 11) is 0. The number of hydrogen-bond acceptors (Lipinski definition) is 1. The van der Waals surface area contributed by atoms with Crippen LogP contribution in [0.5, 0.6) is 0 Å². The first-order valence-corrected chi connectivity index (χ1v) is 4.55. The quantitative estimate of drug-likeness (QED) is 0.587. The van der Waals surface area contributed by atoms with E-state index >= 15 is 0 Å². The molecule has 1 aliphatic carbocycles. The Morgan fingerprint density at radius 3 is 3.25 bits per heavy atom. The van der Waals surface area contributed by atoms with Gasteiger partial charge in [0.1, 0.15) is 0 Å². The van der Waals surface area contributed by atoms with Gasteiger partial charge in [-0.25, -0.2) is 0 Å². The predicted molar refractivity (Wildman–Crippen MR) is 52.3 cm³/mol. The maximum absolute atomic E-state index is 4.37. The van der Waals surface area contributed by atoms with Crippen LogP contribution >= 0.6 is 0 Å². The highest BCUT2D eigenvalue weighted by Crippen LogP contribution is 2.30. The molecule has 0 radical (unpaired) electrons. The van der Waals surface area contributed by atoms with E-state index in [0.29, 0.717) is 0 Å². The molecule has 1 heterocycles. The second-order valence-electron chi connectivity index (χ2n) is 3.21. The van der Waals surface area contributed by atoms with Gasteiger partial charge in [-0.2, -0.15) is 0 Å². The minimum atomic E-state index is 1.10. The summed E-state index contributed by atoms with van der Waals surface area (Å²) in [5.74, 6) is 0. The maximum atomic E-state index is 4.37. The van der Waals surface area contributed by atoms with Crippen molar-refractivity contribution in [3.05, 3.63) is 35.1 Å². The molecule has 0 spiro atoms. The van der Waals surface area contributed by atoms with Gasteiger partial charge in [0.15, 0.2) is 0 Å². The molecule has 2 aliphatic rings. The van der Waals surface area contributed by atoms with Gasteiger partial charge in [0, 0.05) is 11.8 Å². The van der Waals surface area contributed by atoms with Gasteiger partial charge >= 0.3 is 0 Å². The summed E-state index contributed by atoms with van der Waals surface area (Å²) in [5.41, 5.74) is 4.03. The van der Waals surface area contributed by atoms with Gasteiger partial charge < -0.3 is 0 Å². The molecule has 0 unspecified atom stereocenters. The van der Waals surface area contributed by atoms with Crippen molar-refractivity contribution >= 4 is 6.21 Å². The van der Waals surface area contributed by atoms with Crippen LogP contribution in [0.1, 0.15) is 26.2 Å². The highest BCUT2D eigenvalue weighted by Gasteiger charge is 2.13. The Labute approximate surface area is 73.2 Å². The zero-order chi connectivity index (χ0) is 8.39. The molecule has 0 saturated carbocycles. The average Bonchev–Trinajstić information content (AvgIpc) is 2.53. The third kappa shape index (κ3) is 1.15. The molecule has 62 valence electrons. The van der Waals surface area contributed by atoms with Crippen molar-refractivity contribution in [1.29, 1.82) is 0 Å². The Morgan fingerprint density at radius 1 is 1.50 bits per heavy atom. The largest absolute Gasteiger partial charge is 0.256 e. The van der Waals surface area contributed by atoms with E-state index in [0.717, 1.165) is 6.42 Å². The summed E-state index contributed by atoms with van der Waals surface area (Å²) in [6.07, 6.45) is 11.9. The van der Waals surface area contributed by atoms with E-state index in [1.54, 1.807) is 0 Å². The Bertz CT molecular complexity index is 303. The van der Waals surface area contributed by atoms with Crippen LogP contribution in [0, 0.1) is 0 Å². The molecule has 0 amide bonds. The molecule has 0 bridgehead atoms. The highest BCUT2D eigenvalue weighted by atomic mass is 14.8. The second kappa shape index (κ2) is 3.10. The third-order valence-corrected chi connectivity index (χ3v) is 2.28. The molecule has 12 heavy (non-hydrogen) atoms. The zero-order valence-electron chi connectivity index (χ0n) is 7.38. The first-order chi connectivity index (χ1) is 5.92. The molecular formula is C11H13N. The Kier molecular flexibility index (Phi) is 1.94. The summed E-state index contributed by atoms with van der Waals surface area (Å²) < 4.78 is 0. The first kappa shape index (κ1) is 7.53. The van der Waals surface area contributed by atoms with Gasteiger partial charge in [-0.15, -0.1) is 0 Å². The van der Waals surface area contributed by atoms with E-state index in [9.17, 15) is 0 Å². The number of allylic oxidation sites excluding steroid dienone is 4. The van der Waals surface area contributed by atoms with Gasteiger partial charge in [-0.1, -0.05) is 25.5 Å². The first-order valence-electron chi connectivity index (χ1n) is 4.55. The van der Waals surface area contributed by atoms with Crippen LogP contribution in [0.2, 0.25) is 0 Å². The zero-order valence-corrected chi connectivity index (χ0v) is 7.38. The molecular weight excluding hydrogens is 146 g/mol. The SMILES string of the molecule is CCCC1=C2N=CC=C2C=CC1. The van der Waals surface area contributed by atoms with Gasteiger partial charge in [0.05, 0.1) is 5.70 Å². The van der Waals surface area contributed by atoms with E-state index in [4.69, 9.17) is 0 Å². The summed E-state index contributed by atoms with van der Waals surface area (Å²) in [6, 6.07) is 0. The Balaban J connectivity index is 2.31. The smallest absolute Gasteiger partial charge is 0.0697 e. The molecule has 0 atom stereocenters. The fourth-order valence-electron chi connectivity index (χ4n) is 1.72. The van der Waals surface area contributed by atoms with E-state index in [1.807, 2.05) is 6.21 Å². The third-order valence-electron chi connectivity index (χ3n) is 2.28. The molecule has 1 nitrogen and oxygen atoms in total. The molecule has 1 aliphatic heterocycles. The number of hydrogen-bond donors (Lipinski definition) is 0. The van der Waals surface area contributed by atoms with Crippen LogP contribution in [0.15, 0.2) is 40.1 Å². The Morgan fingerprint density at radius 2 is 2.42 bits per heavy atom. The molecule has 0 saturated heterocycles. The van der Waals surface area contributed by atoms with E-state index in [2.05, 4.69) is 30.1 Å². The average molecular weight is 159 g/mol. The minimum Gasteiger partial charge on any atom is -0.256 e. The van der Waals surface area contributed by atoms with Crippen molar-refractivity contribution in [2.24, 2.45) is 4.99 Å². The van der Waals surface area contributed by atoms with Crippen molar-refractivity contribution < 1.29 is 0 Å². The van der Waals surface area contributed by atoms with Crippen molar-refractivity contribution in [1.82, 2.24) is 0 Å². The number of nitrogens with zero attached hydrogens (tertiary/aromatic N) is 1. The molecule has 1 heteroatoms. The molecule has 0 N–H and O–H groups in total. The topological polar surface area (TPSA) is 12.4 Å². The van der Waals surface area contributed by atoms with Crippen LogP contribution in [0.4, 0.5) is 0 Å². The minimum absolute atomic E-state index is 1.10. The highest BCUT2D eigenvalue weighted by molar-refractivity contribution is 5.81. The van der Waals surface area contributed by atoms with Crippen molar-refractivity contribution in [3.8, 4) is 0 Å². The normalized spacial score (nSPS) is 19.9. The van der Waals surface area contributed by atoms with E-state index in [1.165, 1.54) is 29.7 Å². The number of aliphatic imine (C=N–C) groups is 1. The van der Waals surface area contributed by atoms with Crippen molar-refractivity contribution in [2.75, 3.05) is 0 Å². The molecule has 0 aromatic heterocycles. The molecule has 0 aromatic carbocycles. The number of rotatable bonds is 2. The second-order valence-corrected chi connectivity index (χ2v) is 3.21. The van der Waals surface area contributed by atoms with Crippen LogP contribution in [-0.4, -0.2) is 6.21 Å². The van der Waals surface area contributed by atoms with Gasteiger partial charge in [-0.3, -0.25) is 4.99 Å². The van der Waals surface area contributed by atoms with Crippen LogP contribution < -0.4 is 0 Å². The summed E-state index contributed by atoms with van der Waals surface area (Å²) in [6.45, 7) is 2.22. The molecule has 0 fully saturated rings. The van der Waals surface area contributed by atoms with Gasteiger partial charge in [0.25, 0.3) is 0 Å². The fraction of sp³-hybridized carbons (Fsp3) is 0.364. The maximum Gasteiger partial charge on any atom is 0.0697 e. The fourth-order valence-corrected chi connectivity index (χ4v) is 1.72. The summed E-state index contributed by atoms with van der Waals surface area (Å²) in [5, 5.41) is 0. The summed E-state index contributed by atoms with van der Waals surface area (Å²) >= 11 is 0. The lowest BCUT2D eigenvalue weighted by atomic mass is 9.96. The van der Waals surface area contributed by atoms with E-state index in [-0.39, 0.29) is 0 Å². The lowest BCUT2D eigenvalue weighted by Crippen LogP contribution is -1.94. The van der Waals surface area contributed by atoms with E-state index < -0.39 is 0 Å².